The van der Waals surface area contributed by atoms with Gasteiger partial charge in [0.1, 0.15) is 0 Å². The standard InChI is InChI=1S/C55H34N4/c1-2-14-37(15-3-1)58-52-24-11-8-21-45(52)47-28-30-54-50(55(47)58)34-56-59(54)39-26-29-53-49(33-39)46-22-9-10-23-51(46)57(53)38-16-12-13-35(31-38)36-25-27-44-42-19-5-4-17-40(42)41-18-6-7-20-43(41)48(44)32-36/h1-34H. The number of para-hydroxylation sites is 3. The largest absolute Gasteiger partial charge is 0.309 e. The van der Waals surface area contributed by atoms with Crippen LogP contribution >= 0.6 is 0 Å². The van der Waals surface area contributed by atoms with E-state index in [-0.39, 0.29) is 0 Å². The fraction of sp³-hybridized carbons (Fsp3) is 0. The molecule has 10 aromatic carbocycles. The van der Waals surface area contributed by atoms with E-state index in [9.17, 15) is 0 Å². The Morgan fingerprint density at radius 1 is 0.271 bits per heavy atom. The first-order valence-electron chi connectivity index (χ1n) is 20.2. The molecule has 0 fully saturated rings. The Bertz CT molecular complexity index is 3810. The summed E-state index contributed by atoms with van der Waals surface area (Å²) in [5.74, 6) is 0. The summed E-state index contributed by atoms with van der Waals surface area (Å²) in [6.07, 6.45) is 2.03. The molecule has 0 bridgehead atoms. The van der Waals surface area contributed by atoms with Gasteiger partial charge in [-0.2, -0.15) is 5.10 Å². The summed E-state index contributed by atoms with van der Waals surface area (Å²) in [7, 11) is 0. The SMILES string of the molecule is c1ccc(-n2c3ccccc3c3ccc4c(cnn4-c4ccc5c(c4)c4ccccc4n5-c4cccc(-c5ccc6c7ccccc7c7ccccc7c6c5)c4)c32)cc1. The average molecular weight is 751 g/mol. The topological polar surface area (TPSA) is 27.7 Å². The van der Waals surface area contributed by atoms with Crippen molar-refractivity contribution in [3.05, 3.63) is 206 Å². The summed E-state index contributed by atoms with van der Waals surface area (Å²) in [5.41, 5.74) is 11.5. The van der Waals surface area contributed by atoms with Crippen LogP contribution in [0.1, 0.15) is 0 Å². The number of hydrogen-bond acceptors (Lipinski definition) is 1. The van der Waals surface area contributed by atoms with Crippen LogP contribution in [0.3, 0.4) is 0 Å². The number of rotatable bonds is 4. The number of benzene rings is 10. The van der Waals surface area contributed by atoms with Gasteiger partial charge in [0, 0.05) is 38.3 Å². The van der Waals surface area contributed by atoms with Crippen molar-refractivity contribution in [3.63, 3.8) is 0 Å². The van der Waals surface area contributed by atoms with Crippen molar-refractivity contribution >= 4 is 86.8 Å². The van der Waals surface area contributed by atoms with Gasteiger partial charge in [0.25, 0.3) is 0 Å². The molecule has 0 aliphatic carbocycles. The summed E-state index contributed by atoms with van der Waals surface area (Å²) in [4.78, 5) is 0. The van der Waals surface area contributed by atoms with Crippen LogP contribution in [0.15, 0.2) is 206 Å². The third-order valence-electron chi connectivity index (χ3n) is 12.5. The van der Waals surface area contributed by atoms with Crippen LogP contribution in [0.5, 0.6) is 0 Å². The minimum absolute atomic E-state index is 1.03. The van der Waals surface area contributed by atoms with Gasteiger partial charge in [-0.1, -0.05) is 127 Å². The molecule has 0 amide bonds. The minimum Gasteiger partial charge on any atom is -0.309 e. The molecule has 13 rings (SSSR count). The van der Waals surface area contributed by atoms with Crippen molar-refractivity contribution in [2.75, 3.05) is 0 Å². The average Bonchev–Trinajstić information content (AvgIpc) is 3.99. The lowest BCUT2D eigenvalue weighted by atomic mass is 9.92. The lowest BCUT2D eigenvalue weighted by molar-refractivity contribution is 0.912. The zero-order valence-electron chi connectivity index (χ0n) is 31.9. The van der Waals surface area contributed by atoms with Crippen molar-refractivity contribution < 1.29 is 0 Å². The van der Waals surface area contributed by atoms with Crippen molar-refractivity contribution in [1.82, 2.24) is 18.9 Å². The molecule has 3 aromatic heterocycles. The van der Waals surface area contributed by atoms with Crippen LogP contribution < -0.4 is 0 Å². The first-order chi connectivity index (χ1) is 29.3. The molecule has 0 spiro atoms. The molecule has 274 valence electrons. The zero-order chi connectivity index (χ0) is 38.6. The van der Waals surface area contributed by atoms with E-state index >= 15 is 0 Å². The third kappa shape index (κ3) is 4.63. The van der Waals surface area contributed by atoms with Crippen LogP contribution in [-0.2, 0) is 0 Å². The minimum atomic E-state index is 1.03. The smallest absolute Gasteiger partial charge is 0.0762 e. The van der Waals surface area contributed by atoms with Gasteiger partial charge in [-0.15, -0.1) is 0 Å². The lowest BCUT2D eigenvalue weighted by Crippen LogP contribution is -1.97. The molecule has 0 aliphatic rings. The highest BCUT2D eigenvalue weighted by Crippen LogP contribution is 2.40. The van der Waals surface area contributed by atoms with Gasteiger partial charge in [0.15, 0.2) is 0 Å². The van der Waals surface area contributed by atoms with Crippen LogP contribution in [0.4, 0.5) is 0 Å². The molecule has 0 saturated carbocycles. The predicted molar refractivity (Wildman–Crippen MR) is 248 cm³/mol. The van der Waals surface area contributed by atoms with Crippen LogP contribution in [0.2, 0.25) is 0 Å². The number of fused-ring (bicyclic) bond motifs is 14. The Kier molecular flexibility index (Phi) is 6.69. The monoisotopic (exact) mass is 750 g/mol. The van der Waals surface area contributed by atoms with E-state index in [2.05, 4.69) is 214 Å². The summed E-state index contributed by atoms with van der Waals surface area (Å²) in [6, 6.07) is 72.8. The zero-order valence-corrected chi connectivity index (χ0v) is 31.9. The molecule has 0 radical (unpaired) electrons. The second-order valence-corrected chi connectivity index (χ2v) is 15.6. The first kappa shape index (κ1) is 32.2. The van der Waals surface area contributed by atoms with Crippen molar-refractivity contribution in [2.24, 2.45) is 0 Å². The first-order valence-corrected chi connectivity index (χ1v) is 20.2. The molecule has 0 aliphatic heterocycles. The fourth-order valence-corrected chi connectivity index (χ4v) is 9.90. The molecule has 0 saturated heterocycles. The quantitative estimate of drug-likeness (QED) is 0.165. The molecular weight excluding hydrogens is 717 g/mol. The predicted octanol–water partition coefficient (Wildman–Crippen LogP) is 14.3. The van der Waals surface area contributed by atoms with Gasteiger partial charge < -0.3 is 9.13 Å². The molecule has 0 atom stereocenters. The number of hydrogen-bond donors (Lipinski definition) is 0. The third-order valence-corrected chi connectivity index (χ3v) is 12.5. The van der Waals surface area contributed by atoms with E-state index in [1.165, 1.54) is 81.5 Å². The maximum absolute atomic E-state index is 5.07. The van der Waals surface area contributed by atoms with E-state index in [1.807, 2.05) is 6.20 Å². The fourth-order valence-electron chi connectivity index (χ4n) is 9.90. The maximum Gasteiger partial charge on any atom is 0.0762 e. The summed E-state index contributed by atoms with van der Waals surface area (Å²) >= 11 is 0. The molecular formula is C55H34N4. The van der Waals surface area contributed by atoms with E-state index < -0.39 is 0 Å². The van der Waals surface area contributed by atoms with Gasteiger partial charge in [0.2, 0.25) is 0 Å². The Hall–Kier alpha value is -7.95. The highest BCUT2D eigenvalue weighted by atomic mass is 15.3. The van der Waals surface area contributed by atoms with Gasteiger partial charge in [-0.25, -0.2) is 4.68 Å². The molecule has 59 heavy (non-hydrogen) atoms. The number of aromatic nitrogens is 4. The Morgan fingerprint density at radius 2 is 0.814 bits per heavy atom. The van der Waals surface area contributed by atoms with E-state index in [4.69, 9.17) is 5.10 Å². The Morgan fingerprint density at radius 3 is 1.56 bits per heavy atom. The Labute approximate surface area is 339 Å². The maximum atomic E-state index is 5.07. The summed E-state index contributed by atoms with van der Waals surface area (Å²) in [5, 5.41) is 18.8. The normalized spacial score (nSPS) is 12.1. The number of nitrogens with zero attached hydrogens (tertiary/aromatic N) is 4. The van der Waals surface area contributed by atoms with Gasteiger partial charge in [0.05, 0.1) is 39.5 Å². The van der Waals surface area contributed by atoms with E-state index in [0.717, 1.165) is 33.5 Å². The van der Waals surface area contributed by atoms with E-state index in [1.54, 1.807) is 0 Å². The van der Waals surface area contributed by atoms with Crippen LogP contribution in [0, 0.1) is 0 Å². The second kappa shape index (κ2) is 12.3. The van der Waals surface area contributed by atoms with Gasteiger partial charge >= 0.3 is 0 Å². The highest BCUT2D eigenvalue weighted by Gasteiger charge is 2.19. The second-order valence-electron chi connectivity index (χ2n) is 15.6. The molecule has 3 heterocycles. The van der Waals surface area contributed by atoms with Crippen molar-refractivity contribution in [3.8, 4) is 28.2 Å². The summed E-state index contributed by atoms with van der Waals surface area (Å²) < 4.78 is 6.89. The van der Waals surface area contributed by atoms with Gasteiger partial charge in [-0.05, 0) is 116 Å². The lowest BCUT2D eigenvalue weighted by Gasteiger charge is -2.13. The van der Waals surface area contributed by atoms with E-state index in [0.29, 0.717) is 0 Å². The highest BCUT2D eigenvalue weighted by molar-refractivity contribution is 6.26. The van der Waals surface area contributed by atoms with Crippen LogP contribution in [-0.4, -0.2) is 18.9 Å². The molecule has 13 aromatic rings. The molecule has 4 heteroatoms. The van der Waals surface area contributed by atoms with Crippen LogP contribution in [0.25, 0.3) is 115 Å². The molecule has 0 N–H and O–H groups in total. The molecule has 0 unspecified atom stereocenters. The Balaban J connectivity index is 0.968. The molecule has 4 nitrogen and oxygen atoms in total. The van der Waals surface area contributed by atoms with Crippen molar-refractivity contribution in [2.45, 2.75) is 0 Å². The summed E-state index contributed by atoms with van der Waals surface area (Å²) in [6.45, 7) is 0. The van der Waals surface area contributed by atoms with Crippen molar-refractivity contribution in [1.29, 1.82) is 0 Å². The van der Waals surface area contributed by atoms with Gasteiger partial charge in [-0.3, -0.25) is 0 Å².